The van der Waals surface area contributed by atoms with E-state index in [9.17, 15) is 14.9 Å². The van der Waals surface area contributed by atoms with E-state index in [4.69, 9.17) is 16.3 Å². The summed E-state index contributed by atoms with van der Waals surface area (Å²) in [5.74, 6) is -0.356. The highest BCUT2D eigenvalue weighted by Gasteiger charge is 2.23. The maximum atomic E-state index is 11.6. The van der Waals surface area contributed by atoms with Crippen molar-refractivity contribution in [1.29, 1.82) is 0 Å². The number of carbonyl (C=O) groups excluding carboxylic acids is 1. The first-order chi connectivity index (χ1) is 12.9. The van der Waals surface area contributed by atoms with Crippen molar-refractivity contribution in [3.63, 3.8) is 0 Å². The Hall–Kier alpha value is -2.51. The standard InChI is InChI=1S/C19H17ClN2O4S/c1-12-19(27-15-8-6-14(20)7-9-15)18-16(4-3-5-17(18)22(24)25)21(12)10-11-26-13(2)23/h3-9H,10-11H2,1-2H3. The first-order valence-electron chi connectivity index (χ1n) is 8.21. The van der Waals surface area contributed by atoms with E-state index in [0.29, 0.717) is 17.0 Å². The van der Waals surface area contributed by atoms with Crippen LogP contribution < -0.4 is 0 Å². The molecule has 0 aliphatic rings. The van der Waals surface area contributed by atoms with Crippen LogP contribution in [0, 0.1) is 17.0 Å². The molecule has 0 radical (unpaired) electrons. The highest BCUT2D eigenvalue weighted by molar-refractivity contribution is 7.99. The number of fused-ring (bicyclic) bond motifs is 1. The van der Waals surface area contributed by atoms with Gasteiger partial charge in [0.1, 0.15) is 6.61 Å². The van der Waals surface area contributed by atoms with Crippen LogP contribution in [-0.4, -0.2) is 22.1 Å². The summed E-state index contributed by atoms with van der Waals surface area (Å²) in [6.07, 6.45) is 0. The third kappa shape index (κ3) is 4.09. The van der Waals surface area contributed by atoms with Crippen LogP contribution >= 0.6 is 23.4 Å². The molecule has 0 saturated heterocycles. The van der Waals surface area contributed by atoms with Crippen molar-refractivity contribution in [2.75, 3.05) is 6.61 Å². The maximum Gasteiger partial charge on any atom is 0.302 e. The fourth-order valence-corrected chi connectivity index (χ4v) is 4.14. The Morgan fingerprint density at radius 2 is 1.96 bits per heavy atom. The SMILES string of the molecule is CC(=O)OCCn1c(C)c(Sc2ccc(Cl)cc2)c2c([N+](=O)[O-])cccc21. The van der Waals surface area contributed by atoms with Crippen LogP contribution in [0.3, 0.4) is 0 Å². The summed E-state index contributed by atoms with van der Waals surface area (Å²) in [5, 5.41) is 12.8. The summed E-state index contributed by atoms with van der Waals surface area (Å²) in [6.45, 7) is 3.89. The quantitative estimate of drug-likeness (QED) is 0.319. The lowest BCUT2D eigenvalue weighted by Gasteiger charge is -2.08. The number of aromatic nitrogens is 1. The Balaban J connectivity index is 2.12. The molecular formula is C19H17ClN2O4S. The third-order valence-corrected chi connectivity index (χ3v) is 5.59. The molecule has 2 aromatic carbocycles. The van der Waals surface area contributed by atoms with Crippen molar-refractivity contribution >= 4 is 45.9 Å². The molecule has 0 aliphatic carbocycles. The lowest BCUT2D eigenvalue weighted by atomic mass is 10.2. The fourth-order valence-electron chi connectivity index (χ4n) is 2.94. The normalized spacial score (nSPS) is 10.9. The predicted molar refractivity (Wildman–Crippen MR) is 106 cm³/mol. The van der Waals surface area contributed by atoms with Gasteiger partial charge in [-0.15, -0.1) is 0 Å². The second-order valence-corrected chi connectivity index (χ2v) is 7.41. The number of hydrogen-bond acceptors (Lipinski definition) is 5. The van der Waals surface area contributed by atoms with Gasteiger partial charge in [0.25, 0.3) is 5.69 Å². The highest BCUT2D eigenvalue weighted by Crippen LogP contribution is 2.42. The Kier molecular flexibility index (Phi) is 5.72. The van der Waals surface area contributed by atoms with Gasteiger partial charge in [-0.1, -0.05) is 29.4 Å². The summed E-state index contributed by atoms with van der Waals surface area (Å²) in [6, 6.07) is 12.3. The van der Waals surface area contributed by atoms with Crippen molar-refractivity contribution in [1.82, 2.24) is 4.57 Å². The number of esters is 1. The van der Waals surface area contributed by atoms with E-state index >= 15 is 0 Å². The number of rotatable bonds is 6. The molecule has 6 nitrogen and oxygen atoms in total. The first kappa shape index (κ1) is 19.3. The van der Waals surface area contributed by atoms with Gasteiger partial charge in [0.05, 0.1) is 22.4 Å². The molecule has 0 saturated carbocycles. The van der Waals surface area contributed by atoms with E-state index in [-0.39, 0.29) is 23.2 Å². The molecule has 1 aromatic heterocycles. The average molecular weight is 405 g/mol. The second-order valence-electron chi connectivity index (χ2n) is 5.89. The summed E-state index contributed by atoms with van der Waals surface area (Å²) in [7, 11) is 0. The molecule has 3 rings (SSSR count). The number of benzene rings is 2. The van der Waals surface area contributed by atoms with Crippen LogP contribution in [0.25, 0.3) is 10.9 Å². The Morgan fingerprint density at radius 1 is 1.26 bits per heavy atom. The lowest BCUT2D eigenvalue weighted by molar-refractivity contribution is -0.383. The number of carbonyl (C=O) groups is 1. The number of nitrogens with zero attached hydrogens (tertiary/aromatic N) is 2. The Labute approximate surface area is 165 Å². The van der Waals surface area contributed by atoms with Crippen molar-refractivity contribution in [2.45, 2.75) is 30.2 Å². The van der Waals surface area contributed by atoms with E-state index in [2.05, 4.69) is 0 Å². The molecule has 0 unspecified atom stereocenters. The Morgan fingerprint density at radius 3 is 2.59 bits per heavy atom. The minimum Gasteiger partial charge on any atom is -0.464 e. The van der Waals surface area contributed by atoms with Crippen LogP contribution in [0.2, 0.25) is 5.02 Å². The monoisotopic (exact) mass is 404 g/mol. The number of nitro benzene ring substituents is 1. The molecule has 0 amide bonds. The second kappa shape index (κ2) is 8.02. The average Bonchev–Trinajstić information content (AvgIpc) is 2.89. The smallest absolute Gasteiger partial charge is 0.302 e. The van der Waals surface area contributed by atoms with Crippen molar-refractivity contribution in [3.05, 3.63) is 63.3 Å². The molecule has 27 heavy (non-hydrogen) atoms. The number of halogens is 1. The minimum atomic E-state index is -0.371. The fraction of sp³-hybridized carbons (Fsp3) is 0.211. The number of nitro groups is 1. The van der Waals surface area contributed by atoms with Gasteiger partial charge in [0.15, 0.2) is 0 Å². The molecule has 0 fully saturated rings. The van der Waals surface area contributed by atoms with E-state index in [0.717, 1.165) is 21.0 Å². The molecule has 0 N–H and O–H groups in total. The summed E-state index contributed by atoms with van der Waals surface area (Å²) in [4.78, 5) is 24.0. The lowest BCUT2D eigenvalue weighted by Crippen LogP contribution is -2.09. The molecule has 0 atom stereocenters. The van der Waals surface area contributed by atoms with Crippen molar-refractivity contribution in [2.24, 2.45) is 0 Å². The maximum absolute atomic E-state index is 11.6. The van der Waals surface area contributed by atoms with Crippen LogP contribution in [0.4, 0.5) is 5.69 Å². The zero-order valence-electron chi connectivity index (χ0n) is 14.8. The van der Waals surface area contributed by atoms with Gasteiger partial charge < -0.3 is 9.30 Å². The highest BCUT2D eigenvalue weighted by atomic mass is 35.5. The van der Waals surface area contributed by atoms with Crippen molar-refractivity contribution in [3.8, 4) is 0 Å². The van der Waals surface area contributed by atoms with Crippen LogP contribution in [0.15, 0.2) is 52.3 Å². The summed E-state index contributed by atoms with van der Waals surface area (Å²) < 4.78 is 7.00. The van der Waals surface area contributed by atoms with Gasteiger partial charge in [0.2, 0.25) is 0 Å². The molecular weight excluding hydrogens is 388 g/mol. The van der Waals surface area contributed by atoms with Gasteiger partial charge in [0, 0.05) is 33.5 Å². The number of hydrogen-bond donors (Lipinski definition) is 0. The van der Waals surface area contributed by atoms with Gasteiger partial charge in [-0.3, -0.25) is 14.9 Å². The van der Waals surface area contributed by atoms with E-state index in [1.807, 2.05) is 29.7 Å². The summed E-state index contributed by atoms with van der Waals surface area (Å²) in [5.41, 5.74) is 1.68. The van der Waals surface area contributed by atoms with E-state index in [1.54, 1.807) is 18.2 Å². The van der Waals surface area contributed by atoms with Gasteiger partial charge >= 0.3 is 5.97 Å². The van der Waals surface area contributed by atoms with Gasteiger partial charge in [-0.2, -0.15) is 0 Å². The predicted octanol–water partition coefficient (Wildman–Crippen LogP) is 5.23. The van der Waals surface area contributed by atoms with Crippen LogP contribution in [-0.2, 0) is 16.1 Å². The zero-order chi connectivity index (χ0) is 19.6. The number of non-ortho nitro benzene ring substituents is 1. The van der Waals surface area contributed by atoms with Gasteiger partial charge in [-0.05, 0) is 37.3 Å². The third-order valence-electron chi connectivity index (χ3n) is 4.12. The Bertz CT molecular complexity index is 1010. The largest absolute Gasteiger partial charge is 0.464 e. The summed E-state index contributed by atoms with van der Waals surface area (Å²) >= 11 is 7.40. The first-order valence-corrected chi connectivity index (χ1v) is 9.41. The molecule has 140 valence electrons. The van der Waals surface area contributed by atoms with E-state index in [1.165, 1.54) is 24.8 Å². The molecule has 0 spiro atoms. The topological polar surface area (TPSA) is 74.4 Å². The molecule has 8 heteroatoms. The molecule has 0 aliphatic heterocycles. The molecule has 1 heterocycles. The minimum absolute atomic E-state index is 0.0540. The van der Waals surface area contributed by atoms with Crippen molar-refractivity contribution < 1.29 is 14.5 Å². The van der Waals surface area contributed by atoms with E-state index < -0.39 is 0 Å². The molecule has 3 aromatic rings. The van der Waals surface area contributed by atoms with Crippen LogP contribution in [0.5, 0.6) is 0 Å². The van der Waals surface area contributed by atoms with Crippen LogP contribution in [0.1, 0.15) is 12.6 Å². The zero-order valence-corrected chi connectivity index (χ0v) is 16.3. The number of ether oxygens (including phenoxy) is 1. The van der Waals surface area contributed by atoms with Gasteiger partial charge in [-0.25, -0.2) is 0 Å². The molecule has 0 bridgehead atoms.